The lowest BCUT2D eigenvalue weighted by atomic mass is 10.2. The maximum absolute atomic E-state index is 11.3. The van der Waals surface area contributed by atoms with Gasteiger partial charge in [-0.15, -0.1) is 0 Å². The number of rotatable bonds is 5. The smallest absolute Gasteiger partial charge is 0.222 e. The highest BCUT2D eigenvalue weighted by Gasteiger charge is 2.05. The van der Waals surface area contributed by atoms with Crippen LogP contribution in [0.5, 0.6) is 0 Å². The third-order valence-corrected chi connectivity index (χ3v) is 2.54. The normalized spacial score (nSPS) is 10.4. The largest absolute Gasteiger partial charge is 0.367 e. The highest BCUT2D eigenvalue weighted by atomic mass is 35.5. The first-order valence-electron chi connectivity index (χ1n) is 5.33. The summed E-state index contributed by atoms with van der Waals surface area (Å²) in [6.07, 6.45) is 1.52. The Bertz CT molecular complexity index is 396. The zero-order valence-corrected chi connectivity index (χ0v) is 11.3. The van der Waals surface area contributed by atoms with Crippen LogP contribution in [-0.2, 0) is 4.79 Å². The van der Waals surface area contributed by atoms with Crippen LogP contribution >= 0.6 is 23.2 Å². The number of hydrogen-bond donors (Lipinski definition) is 2. The van der Waals surface area contributed by atoms with Crippen LogP contribution < -0.4 is 10.6 Å². The second-order valence-electron chi connectivity index (χ2n) is 3.86. The topological polar surface area (TPSA) is 54.0 Å². The van der Waals surface area contributed by atoms with E-state index < -0.39 is 0 Å². The second-order valence-corrected chi connectivity index (χ2v) is 4.70. The van der Waals surface area contributed by atoms with Crippen LogP contribution in [0.3, 0.4) is 0 Å². The number of aromatic nitrogens is 1. The number of amides is 1. The molecule has 0 radical (unpaired) electrons. The zero-order valence-electron chi connectivity index (χ0n) is 9.76. The summed E-state index contributed by atoms with van der Waals surface area (Å²) in [5, 5.41) is 6.76. The number of anilines is 1. The van der Waals surface area contributed by atoms with Crippen molar-refractivity contribution in [1.82, 2.24) is 10.3 Å². The molecule has 0 aliphatic heterocycles. The lowest BCUT2D eigenvalue weighted by Gasteiger charge is -2.09. The molecule has 1 rings (SSSR count). The van der Waals surface area contributed by atoms with Crippen molar-refractivity contribution in [2.24, 2.45) is 5.92 Å². The minimum atomic E-state index is -0.00718. The van der Waals surface area contributed by atoms with Gasteiger partial charge in [-0.3, -0.25) is 4.79 Å². The minimum absolute atomic E-state index is 0.00718. The number of hydrogen-bond acceptors (Lipinski definition) is 3. The molecule has 4 nitrogen and oxygen atoms in total. The van der Waals surface area contributed by atoms with Gasteiger partial charge >= 0.3 is 0 Å². The van der Waals surface area contributed by atoms with Crippen molar-refractivity contribution < 1.29 is 4.79 Å². The molecule has 6 heteroatoms. The van der Waals surface area contributed by atoms with Gasteiger partial charge in [0, 0.05) is 25.2 Å². The Balaban J connectivity index is 2.34. The van der Waals surface area contributed by atoms with Crippen molar-refractivity contribution in [3.8, 4) is 0 Å². The summed E-state index contributed by atoms with van der Waals surface area (Å²) in [4.78, 5) is 15.3. The zero-order chi connectivity index (χ0) is 12.8. The summed E-state index contributed by atoms with van der Waals surface area (Å²) in [5.41, 5.74) is 0. The highest BCUT2D eigenvalue weighted by molar-refractivity contribution is 6.35. The summed E-state index contributed by atoms with van der Waals surface area (Å²) in [7, 11) is 0. The average Bonchev–Trinajstić information content (AvgIpc) is 2.26. The van der Waals surface area contributed by atoms with Crippen LogP contribution in [-0.4, -0.2) is 24.0 Å². The minimum Gasteiger partial charge on any atom is -0.367 e. The van der Waals surface area contributed by atoms with E-state index in [9.17, 15) is 4.79 Å². The van der Waals surface area contributed by atoms with Crippen molar-refractivity contribution >= 4 is 34.9 Å². The summed E-state index contributed by atoms with van der Waals surface area (Å²) in [5.74, 6) is 0.587. The first kappa shape index (κ1) is 14.1. The van der Waals surface area contributed by atoms with Crippen molar-refractivity contribution in [3.05, 3.63) is 22.3 Å². The summed E-state index contributed by atoms with van der Waals surface area (Å²) in [6.45, 7) is 4.78. The number of pyridine rings is 1. The standard InChI is InChI=1S/C11H15Cl2N3O/c1-7(2)11(17)15-4-3-14-10-9(13)5-8(12)6-16-10/h5-7H,3-4H2,1-2H3,(H,14,16)(H,15,17). The Morgan fingerprint density at radius 3 is 2.71 bits per heavy atom. The molecule has 1 amide bonds. The molecule has 0 aliphatic rings. The van der Waals surface area contributed by atoms with Gasteiger partial charge < -0.3 is 10.6 Å². The predicted molar refractivity (Wildman–Crippen MR) is 70.6 cm³/mol. The molecule has 0 atom stereocenters. The number of halogens is 2. The van der Waals surface area contributed by atoms with E-state index in [0.717, 1.165) is 0 Å². The number of carbonyl (C=O) groups is 1. The summed E-state index contributed by atoms with van der Waals surface area (Å²) in [6, 6.07) is 1.62. The Kier molecular flexibility index (Phi) is 5.51. The van der Waals surface area contributed by atoms with E-state index in [1.165, 1.54) is 6.20 Å². The average molecular weight is 276 g/mol. The molecule has 0 fully saturated rings. The maximum atomic E-state index is 11.3. The monoisotopic (exact) mass is 275 g/mol. The quantitative estimate of drug-likeness (QED) is 0.813. The van der Waals surface area contributed by atoms with Gasteiger partial charge in [-0.1, -0.05) is 37.0 Å². The second kappa shape index (κ2) is 6.67. The molecule has 0 aromatic carbocycles. The highest BCUT2D eigenvalue weighted by Crippen LogP contribution is 2.21. The van der Waals surface area contributed by atoms with Gasteiger partial charge in [0.2, 0.25) is 5.91 Å². The fourth-order valence-corrected chi connectivity index (χ4v) is 1.56. The third kappa shape index (κ3) is 4.79. The molecule has 17 heavy (non-hydrogen) atoms. The van der Waals surface area contributed by atoms with E-state index in [1.807, 2.05) is 13.8 Å². The fraction of sp³-hybridized carbons (Fsp3) is 0.455. The fourth-order valence-electron chi connectivity index (χ4n) is 1.12. The molecule has 94 valence electrons. The number of nitrogens with one attached hydrogen (secondary N) is 2. The van der Waals surface area contributed by atoms with E-state index in [0.29, 0.717) is 29.0 Å². The van der Waals surface area contributed by atoms with Crippen LogP contribution in [0.15, 0.2) is 12.3 Å². The molecule has 0 aliphatic carbocycles. The Labute approximate surface area is 111 Å². The molecule has 0 saturated heterocycles. The number of nitrogens with zero attached hydrogens (tertiary/aromatic N) is 1. The molecule has 1 aromatic rings. The van der Waals surface area contributed by atoms with E-state index in [-0.39, 0.29) is 11.8 Å². The van der Waals surface area contributed by atoms with Crippen molar-refractivity contribution in [1.29, 1.82) is 0 Å². The molecule has 1 aromatic heterocycles. The van der Waals surface area contributed by atoms with Crippen LogP contribution in [0.4, 0.5) is 5.82 Å². The Morgan fingerprint density at radius 1 is 1.41 bits per heavy atom. The molecule has 0 bridgehead atoms. The Hall–Kier alpha value is -1.000. The molecule has 0 unspecified atom stereocenters. The van der Waals surface area contributed by atoms with Crippen LogP contribution in [0.25, 0.3) is 0 Å². The van der Waals surface area contributed by atoms with Gasteiger partial charge in [-0.05, 0) is 6.07 Å². The van der Waals surface area contributed by atoms with E-state index in [4.69, 9.17) is 23.2 Å². The van der Waals surface area contributed by atoms with E-state index >= 15 is 0 Å². The molecule has 1 heterocycles. The van der Waals surface area contributed by atoms with Crippen LogP contribution in [0.2, 0.25) is 10.0 Å². The lowest BCUT2D eigenvalue weighted by molar-refractivity contribution is -0.123. The first-order chi connectivity index (χ1) is 8.00. The Morgan fingerprint density at radius 2 is 2.12 bits per heavy atom. The van der Waals surface area contributed by atoms with Crippen LogP contribution in [0.1, 0.15) is 13.8 Å². The van der Waals surface area contributed by atoms with Gasteiger partial charge in [0.25, 0.3) is 0 Å². The SMILES string of the molecule is CC(C)C(=O)NCCNc1ncc(Cl)cc1Cl. The molecule has 2 N–H and O–H groups in total. The molecular formula is C11H15Cl2N3O. The van der Waals surface area contributed by atoms with Crippen molar-refractivity contribution in [3.63, 3.8) is 0 Å². The maximum Gasteiger partial charge on any atom is 0.222 e. The third-order valence-electron chi connectivity index (χ3n) is 2.05. The lowest BCUT2D eigenvalue weighted by Crippen LogP contribution is -2.32. The van der Waals surface area contributed by atoms with Crippen molar-refractivity contribution in [2.45, 2.75) is 13.8 Å². The molecular weight excluding hydrogens is 261 g/mol. The van der Waals surface area contributed by atoms with Gasteiger partial charge in [0.05, 0.1) is 10.0 Å². The summed E-state index contributed by atoms with van der Waals surface area (Å²) >= 11 is 11.6. The first-order valence-corrected chi connectivity index (χ1v) is 6.09. The molecule has 0 spiro atoms. The van der Waals surface area contributed by atoms with Gasteiger partial charge in [0.15, 0.2) is 0 Å². The summed E-state index contributed by atoms with van der Waals surface area (Å²) < 4.78 is 0. The predicted octanol–water partition coefficient (Wildman–Crippen LogP) is 2.57. The van der Waals surface area contributed by atoms with E-state index in [2.05, 4.69) is 15.6 Å². The van der Waals surface area contributed by atoms with Gasteiger partial charge in [-0.25, -0.2) is 4.98 Å². The van der Waals surface area contributed by atoms with Gasteiger partial charge in [-0.2, -0.15) is 0 Å². The van der Waals surface area contributed by atoms with Crippen LogP contribution in [0, 0.1) is 5.92 Å². The number of carbonyl (C=O) groups excluding carboxylic acids is 1. The van der Waals surface area contributed by atoms with E-state index in [1.54, 1.807) is 6.07 Å². The van der Waals surface area contributed by atoms with Gasteiger partial charge in [0.1, 0.15) is 5.82 Å². The molecule has 0 saturated carbocycles. The van der Waals surface area contributed by atoms with Crippen molar-refractivity contribution in [2.75, 3.05) is 18.4 Å².